The van der Waals surface area contributed by atoms with Gasteiger partial charge in [0, 0.05) is 19.2 Å². The number of fused-ring (bicyclic) bond motifs is 1. The molecule has 0 saturated heterocycles. The summed E-state index contributed by atoms with van der Waals surface area (Å²) in [6.45, 7) is 3.85. The van der Waals surface area contributed by atoms with Crippen molar-refractivity contribution >= 4 is 17.3 Å². The molecule has 6 nitrogen and oxygen atoms in total. The highest BCUT2D eigenvalue weighted by molar-refractivity contribution is 5.94. The van der Waals surface area contributed by atoms with Crippen molar-refractivity contribution in [1.29, 1.82) is 0 Å². The number of benzene rings is 1. The average Bonchev–Trinajstić information content (AvgIpc) is 2.66. The van der Waals surface area contributed by atoms with E-state index in [0.29, 0.717) is 24.3 Å². The summed E-state index contributed by atoms with van der Waals surface area (Å²) < 4.78 is 7.74. The zero-order chi connectivity index (χ0) is 15.1. The van der Waals surface area contributed by atoms with Gasteiger partial charge in [0.25, 0.3) is 0 Å². The van der Waals surface area contributed by atoms with E-state index < -0.39 is 0 Å². The van der Waals surface area contributed by atoms with E-state index in [1.807, 2.05) is 27.0 Å². The van der Waals surface area contributed by atoms with Crippen LogP contribution < -0.4 is 15.8 Å². The second-order valence-corrected chi connectivity index (χ2v) is 5.32. The predicted octanol–water partition coefficient (Wildman–Crippen LogP) is 2.30. The highest BCUT2D eigenvalue weighted by atomic mass is 16.5. The van der Waals surface area contributed by atoms with Crippen molar-refractivity contribution < 1.29 is 9.53 Å². The smallest absolute Gasteiger partial charge is 0.224 e. The molecule has 0 atom stereocenters. The molecule has 1 aromatic heterocycles. The lowest BCUT2D eigenvalue weighted by Gasteiger charge is -2.19. The number of hydrogen-bond acceptors (Lipinski definition) is 4. The number of nitrogens with zero attached hydrogens (tertiary/aromatic N) is 2. The molecule has 0 bridgehead atoms. The van der Waals surface area contributed by atoms with E-state index in [2.05, 4.69) is 10.4 Å². The highest BCUT2D eigenvalue weighted by Gasteiger charge is 2.19. The predicted molar refractivity (Wildman–Crippen MR) is 80.6 cm³/mol. The summed E-state index contributed by atoms with van der Waals surface area (Å²) in [4.78, 5) is 11.4. The maximum absolute atomic E-state index is 11.4. The Labute approximate surface area is 122 Å². The largest absolute Gasteiger partial charge is 0.451 e. The molecular formula is C15H18N4O2. The topological polar surface area (TPSA) is 82.2 Å². The molecule has 3 N–H and O–H groups in total. The number of ether oxygens (including phenoxy) is 1. The molecule has 0 saturated carbocycles. The van der Waals surface area contributed by atoms with Crippen LogP contribution in [0.5, 0.6) is 11.5 Å². The second-order valence-electron chi connectivity index (χ2n) is 5.32. The van der Waals surface area contributed by atoms with Crippen LogP contribution in [0, 0.1) is 13.8 Å². The molecule has 0 spiro atoms. The van der Waals surface area contributed by atoms with Gasteiger partial charge in [-0.1, -0.05) is 0 Å². The van der Waals surface area contributed by atoms with Gasteiger partial charge in [-0.15, -0.1) is 0 Å². The molecule has 0 aliphatic carbocycles. The summed E-state index contributed by atoms with van der Waals surface area (Å²) in [5, 5.41) is 7.16. The number of aromatic nitrogens is 2. The first-order valence-corrected chi connectivity index (χ1v) is 6.86. The lowest BCUT2D eigenvalue weighted by Crippen LogP contribution is -2.19. The minimum absolute atomic E-state index is 0.0227. The van der Waals surface area contributed by atoms with E-state index in [1.165, 1.54) is 0 Å². The molecule has 0 radical (unpaired) electrons. The molecule has 110 valence electrons. The van der Waals surface area contributed by atoms with Crippen molar-refractivity contribution in [2.24, 2.45) is 7.05 Å². The number of aryl methyl sites for hydroxylation is 3. The number of nitrogens with one attached hydrogen (secondary N) is 1. The summed E-state index contributed by atoms with van der Waals surface area (Å²) >= 11 is 0. The second kappa shape index (κ2) is 4.80. The van der Waals surface area contributed by atoms with Gasteiger partial charge in [-0.2, -0.15) is 5.10 Å². The fourth-order valence-corrected chi connectivity index (χ4v) is 2.52. The zero-order valence-electron chi connectivity index (χ0n) is 12.4. The van der Waals surface area contributed by atoms with Gasteiger partial charge in [-0.3, -0.25) is 9.48 Å². The molecule has 0 unspecified atom stereocenters. The molecule has 6 heteroatoms. The Kier molecular flexibility index (Phi) is 3.08. The molecule has 0 fully saturated rings. The van der Waals surface area contributed by atoms with E-state index >= 15 is 0 Å². The number of carbonyl (C=O) groups is 1. The van der Waals surface area contributed by atoms with Gasteiger partial charge in [0.05, 0.1) is 11.4 Å². The van der Waals surface area contributed by atoms with Crippen LogP contribution in [0.15, 0.2) is 12.1 Å². The number of amides is 1. The van der Waals surface area contributed by atoms with Crippen LogP contribution in [0.4, 0.5) is 11.4 Å². The number of rotatable bonds is 2. The molecule has 1 amide bonds. The van der Waals surface area contributed by atoms with Crippen molar-refractivity contribution in [2.45, 2.75) is 26.7 Å². The average molecular weight is 286 g/mol. The number of nitrogen functional groups attached to an aromatic ring is 1. The van der Waals surface area contributed by atoms with Crippen molar-refractivity contribution in [3.8, 4) is 11.5 Å². The molecule has 3 rings (SSSR count). The number of anilines is 2. The molecular weight excluding hydrogens is 268 g/mol. The number of carbonyl (C=O) groups excluding carboxylic acids is 1. The normalized spacial score (nSPS) is 13.8. The fourth-order valence-electron chi connectivity index (χ4n) is 2.52. The SMILES string of the molecule is Cc1nn(C)c(C)c1Oc1cc2c(cc1N)NC(=O)CC2. The molecule has 2 heterocycles. The Morgan fingerprint density at radius 3 is 2.76 bits per heavy atom. The van der Waals surface area contributed by atoms with Gasteiger partial charge < -0.3 is 15.8 Å². The van der Waals surface area contributed by atoms with Crippen LogP contribution in [0.3, 0.4) is 0 Å². The lowest BCUT2D eigenvalue weighted by molar-refractivity contribution is -0.116. The minimum Gasteiger partial charge on any atom is -0.451 e. The third-order valence-electron chi connectivity index (χ3n) is 3.79. The summed E-state index contributed by atoms with van der Waals surface area (Å²) in [7, 11) is 1.88. The third-order valence-corrected chi connectivity index (χ3v) is 3.79. The van der Waals surface area contributed by atoms with Gasteiger partial charge in [0.2, 0.25) is 5.91 Å². The maximum Gasteiger partial charge on any atom is 0.224 e. The summed E-state index contributed by atoms with van der Waals surface area (Å²) in [5.74, 6) is 1.35. The van der Waals surface area contributed by atoms with Gasteiger partial charge in [-0.25, -0.2) is 0 Å². The molecule has 1 aromatic carbocycles. The van der Waals surface area contributed by atoms with Gasteiger partial charge >= 0.3 is 0 Å². The first-order chi connectivity index (χ1) is 9.95. The summed E-state index contributed by atoms with van der Waals surface area (Å²) in [6.07, 6.45) is 1.18. The highest BCUT2D eigenvalue weighted by Crippen LogP contribution is 2.36. The number of nitrogens with two attached hydrogens (primary N) is 1. The van der Waals surface area contributed by atoms with E-state index in [-0.39, 0.29) is 5.91 Å². The van der Waals surface area contributed by atoms with Crippen LogP contribution in [-0.4, -0.2) is 15.7 Å². The van der Waals surface area contributed by atoms with E-state index in [4.69, 9.17) is 10.5 Å². The Morgan fingerprint density at radius 2 is 2.10 bits per heavy atom. The van der Waals surface area contributed by atoms with Crippen molar-refractivity contribution in [1.82, 2.24) is 9.78 Å². The molecule has 1 aliphatic rings. The number of hydrogen-bond donors (Lipinski definition) is 2. The fraction of sp³-hybridized carbons (Fsp3) is 0.333. The molecule has 2 aromatic rings. The maximum atomic E-state index is 11.4. The van der Waals surface area contributed by atoms with Gasteiger partial charge in [-0.05, 0) is 38.0 Å². The first kappa shape index (κ1) is 13.5. The van der Waals surface area contributed by atoms with Crippen molar-refractivity contribution in [3.63, 3.8) is 0 Å². The van der Waals surface area contributed by atoms with E-state index in [9.17, 15) is 4.79 Å². The molecule has 1 aliphatic heterocycles. The first-order valence-electron chi connectivity index (χ1n) is 6.86. The minimum atomic E-state index is 0.0227. The Morgan fingerprint density at radius 1 is 1.33 bits per heavy atom. The van der Waals surface area contributed by atoms with Crippen LogP contribution in [-0.2, 0) is 18.3 Å². The molecule has 21 heavy (non-hydrogen) atoms. The van der Waals surface area contributed by atoms with E-state index in [1.54, 1.807) is 10.7 Å². The Hall–Kier alpha value is -2.50. The van der Waals surface area contributed by atoms with Crippen LogP contribution >= 0.6 is 0 Å². The summed E-state index contributed by atoms with van der Waals surface area (Å²) in [6, 6.07) is 3.65. The standard InChI is InChI=1S/C15H18N4O2/c1-8-15(9(2)19(3)18-8)21-13-6-10-4-5-14(20)17-12(10)7-11(13)16/h6-7H,4-5,16H2,1-3H3,(H,17,20). The van der Waals surface area contributed by atoms with Crippen LogP contribution in [0.2, 0.25) is 0 Å². The van der Waals surface area contributed by atoms with Crippen molar-refractivity contribution in [3.05, 3.63) is 29.1 Å². The van der Waals surface area contributed by atoms with Crippen molar-refractivity contribution in [2.75, 3.05) is 11.1 Å². The van der Waals surface area contributed by atoms with Crippen LogP contribution in [0.25, 0.3) is 0 Å². The monoisotopic (exact) mass is 286 g/mol. The Balaban J connectivity index is 1.98. The van der Waals surface area contributed by atoms with Crippen LogP contribution in [0.1, 0.15) is 23.4 Å². The zero-order valence-corrected chi connectivity index (χ0v) is 12.4. The van der Waals surface area contributed by atoms with Gasteiger partial charge in [0.1, 0.15) is 5.69 Å². The Bertz CT molecular complexity index is 734. The quantitative estimate of drug-likeness (QED) is 0.830. The van der Waals surface area contributed by atoms with Gasteiger partial charge in [0.15, 0.2) is 11.5 Å². The summed E-state index contributed by atoms with van der Waals surface area (Å²) in [5.41, 5.74) is 10.1. The lowest BCUT2D eigenvalue weighted by atomic mass is 10.0. The van der Waals surface area contributed by atoms with E-state index in [0.717, 1.165) is 28.4 Å². The third kappa shape index (κ3) is 2.33.